The predicted octanol–water partition coefficient (Wildman–Crippen LogP) is 5.33. The molecule has 0 fully saturated rings. The van der Waals surface area contributed by atoms with Crippen molar-refractivity contribution in [1.82, 2.24) is 0 Å². The van der Waals surface area contributed by atoms with Crippen molar-refractivity contribution in [3.05, 3.63) is 36.5 Å². The van der Waals surface area contributed by atoms with Crippen molar-refractivity contribution in [1.29, 1.82) is 0 Å². The van der Waals surface area contributed by atoms with Gasteiger partial charge in [-0.05, 0) is 25.8 Å². The summed E-state index contributed by atoms with van der Waals surface area (Å²) in [6.07, 6.45) is 21.1. The molecule has 0 heterocycles. The standard InChI is InChI=1S/C22H36O4/c1-20(25-2)16-12-10-11-14-18-21(23)17-13-8-6-4-5-7-9-15-19-22(24)26-3/h10-12,14,16,18,20H,4-9,13,15,17,19H2,1-3H3. The van der Waals surface area contributed by atoms with Crippen LogP contribution in [0.2, 0.25) is 0 Å². The molecule has 0 radical (unpaired) electrons. The van der Waals surface area contributed by atoms with Crippen molar-refractivity contribution >= 4 is 11.8 Å². The average molecular weight is 365 g/mol. The van der Waals surface area contributed by atoms with Crippen LogP contribution in [0.25, 0.3) is 0 Å². The molecular formula is C22H36O4. The molecule has 26 heavy (non-hydrogen) atoms. The van der Waals surface area contributed by atoms with Crippen LogP contribution in [0.3, 0.4) is 0 Å². The minimum Gasteiger partial charge on any atom is -0.469 e. The quantitative estimate of drug-likeness (QED) is 0.161. The maximum atomic E-state index is 11.7. The average Bonchev–Trinajstić information content (AvgIpc) is 2.65. The van der Waals surface area contributed by atoms with E-state index in [0.717, 1.165) is 25.7 Å². The molecule has 0 aliphatic carbocycles. The minimum atomic E-state index is -0.114. The molecule has 0 spiro atoms. The van der Waals surface area contributed by atoms with Crippen LogP contribution in [-0.4, -0.2) is 32.1 Å². The Hall–Kier alpha value is -1.68. The highest BCUT2D eigenvalue weighted by atomic mass is 16.5. The van der Waals surface area contributed by atoms with Gasteiger partial charge in [0.2, 0.25) is 0 Å². The van der Waals surface area contributed by atoms with Gasteiger partial charge < -0.3 is 9.47 Å². The molecule has 0 aliphatic rings. The summed E-state index contributed by atoms with van der Waals surface area (Å²) in [5.41, 5.74) is 0. The predicted molar refractivity (Wildman–Crippen MR) is 107 cm³/mol. The molecule has 0 aromatic heterocycles. The number of allylic oxidation sites excluding steroid dienone is 5. The third-order valence-electron chi connectivity index (χ3n) is 4.15. The number of rotatable bonds is 16. The zero-order valence-corrected chi connectivity index (χ0v) is 16.7. The van der Waals surface area contributed by atoms with E-state index < -0.39 is 0 Å². The van der Waals surface area contributed by atoms with Crippen molar-refractivity contribution in [3.8, 4) is 0 Å². The van der Waals surface area contributed by atoms with E-state index in [1.807, 2.05) is 31.2 Å². The van der Waals surface area contributed by atoms with Gasteiger partial charge in [0.15, 0.2) is 5.78 Å². The van der Waals surface area contributed by atoms with Gasteiger partial charge in [0.25, 0.3) is 0 Å². The molecular weight excluding hydrogens is 328 g/mol. The number of methoxy groups -OCH3 is 2. The summed E-state index contributed by atoms with van der Waals surface area (Å²) in [6, 6.07) is 0. The number of hydrogen-bond donors (Lipinski definition) is 0. The molecule has 0 aromatic rings. The lowest BCUT2D eigenvalue weighted by Gasteiger charge is -2.02. The molecule has 1 unspecified atom stereocenters. The van der Waals surface area contributed by atoms with Crippen molar-refractivity contribution in [3.63, 3.8) is 0 Å². The van der Waals surface area contributed by atoms with E-state index in [4.69, 9.17) is 4.74 Å². The van der Waals surface area contributed by atoms with Crippen LogP contribution >= 0.6 is 0 Å². The van der Waals surface area contributed by atoms with Gasteiger partial charge in [0.1, 0.15) is 0 Å². The zero-order valence-electron chi connectivity index (χ0n) is 16.7. The summed E-state index contributed by atoms with van der Waals surface area (Å²) in [4.78, 5) is 22.7. The first kappa shape index (κ1) is 24.3. The van der Waals surface area contributed by atoms with E-state index >= 15 is 0 Å². The molecule has 0 aromatic carbocycles. The van der Waals surface area contributed by atoms with Gasteiger partial charge in [0, 0.05) is 20.0 Å². The molecule has 1 atom stereocenters. The number of ether oxygens (including phenoxy) is 2. The lowest BCUT2D eigenvalue weighted by Crippen LogP contribution is -1.99. The lowest BCUT2D eigenvalue weighted by molar-refractivity contribution is -0.140. The first-order valence-electron chi connectivity index (χ1n) is 9.74. The normalized spacial score (nSPS) is 13.0. The van der Waals surface area contributed by atoms with Crippen LogP contribution in [0.15, 0.2) is 36.5 Å². The molecule has 0 saturated heterocycles. The van der Waals surface area contributed by atoms with Crippen LogP contribution in [0, 0.1) is 0 Å². The molecule has 0 rings (SSSR count). The number of hydrogen-bond acceptors (Lipinski definition) is 4. The highest BCUT2D eigenvalue weighted by molar-refractivity contribution is 5.89. The van der Waals surface area contributed by atoms with Crippen LogP contribution in [0.1, 0.15) is 71.1 Å². The summed E-state index contributed by atoms with van der Waals surface area (Å²) in [5.74, 6) is 0.0723. The SMILES string of the molecule is COC(=O)CCCCCCCCCCC(=O)C=CC=CC=CC(C)OC. The van der Waals surface area contributed by atoms with Gasteiger partial charge in [0.05, 0.1) is 13.2 Å². The number of esters is 1. The van der Waals surface area contributed by atoms with Gasteiger partial charge in [-0.3, -0.25) is 9.59 Å². The number of carbonyl (C=O) groups excluding carboxylic acids is 2. The fourth-order valence-corrected chi connectivity index (χ4v) is 2.40. The summed E-state index contributed by atoms with van der Waals surface area (Å²) in [6.45, 7) is 1.97. The Morgan fingerprint density at radius 2 is 1.31 bits per heavy atom. The highest BCUT2D eigenvalue weighted by Crippen LogP contribution is 2.11. The molecule has 4 nitrogen and oxygen atoms in total. The van der Waals surface area contributed by atoms with E-state index in [1.165, 1.54) is 32.8 Å². The second kappa shape index (κ2) is 18.1. The Bertz CT molecular complexity index is 449. The lowest BCUT2D eigenvalue weighted by atomic mass is 10.1. The summed E-state index contributed by atoms with van der Waals surface area (Å²) in [5, 5.41) is 0. The Morgan fingerprint density at radius 3 is 1.88 bits per heavy atom. The second-order valence-corrected chi connectivity index (χ2v) is 6.44. The molecule has 0 bridgehead atoms. The van der Waals surface area contributed by atoms with Gasteiger partial charge in [-0.1, -0.05) is 68.9 Å². The van der Waals surface area contributed by atoms with Crippen molar-refractivity contribution in [2.75, 3.05) is 14.2 Å². The van der Waals surface area contributed by atoms with Crippen LogP contribution in [0.4, 0.5) is 0 Å². The largest absolute Gasteiger partial charge is 0.469 e. The third kappa shape index (κ3) is 17.2. The fourth-order valence-electron chi connectivity index (χ4n) is 2.40. The summed E-state index contributed by atoms with van der Waals surface area (Å²) in [7, 11) is 3.10. The molecule has 148 valence electrons. The Balaban J connectivity index is 3.48. The smallest absolute Gasteiger partial charge is 0.305 e. The Kier molecular flexibility index (Phi) is 17.0. The van der Waals surface area contributed by atoms with E-state index in [-0.39, 0.29) is 17.9 Å². The minimum absolute atomic E-state index is 0.102. The van der Waals surface area contributed by atoms with Gasteiger partial charge in [-0.15, -0.1) is 0 Å². The van der Waals surface area contributed by atoms with Crippen molar-refractivity contribution in [2.24, 2.45) is 0 Å². The number of unbranched alkanes of at least 4 members (excludes halogenated alkanes) is 7. The topological polar surface area (TPSA) is 52.6 Å². The Labute approximate surface area is 159 Å². The number of ketones is 1. The zero-order chi connectivity index (χ0) is 19.5. The van der Waals surface area contributed by atoms with E-state index in [1.54, 1.807) is 19.3 Å². The molecule has 0 amide bonds. The van der Waals surface area contributed by atoms with Crippen LogP contribution in [-0.2, 0) is 19.1 Å². The third-order valence-corrected chi connectivity index (χ3v) is 4.15. The van der Waals surface area contributed by atoms with Gasteiger partial charge >= 0.3 is 5.97 Å². The van der Waals surface area contributed by atoms with Crippen LogP contribution < -0.4 is 0 Å². The second-order valence-electron chi connectivity index (χ2n) is 6.44. The van der Waals surface area contributed by atoms with Gasteiger partial charge in [-0.2, -0.15) is 0 Å². The first-order valence-corrected chi connectivity index (χ1v) is 9.74. The maximum Gasteiger partial charge on any atom is 0.305 e. The fraction of sp³-hybridized carbons (Fsp3) is 0.636. The van der Waals surface area contributed by atoms with E-state index in [0.29, 0.717) is 12.8 Å². The van der Waals surface area contributed by atoms with E-state index in [9.17, 15) is 9.59 Å². The van der Waals surface area contributed by atoms with Crippen LogP contribution in [0.5, 0.6) is 0 Å². The number of carbonyl (C=O) groups is 2. The first-order chi connectivity index (χ1) is 12.6. The molecule has 4 heteroatoms. The monoisotopic (exact) mass is 364 g/mol. The summed E-state index contributed by atoms with van der Waals surface area (Å²) < 4.78 is 9.71. The van der Waals surface area contributed by atoms with E-state index in [2.05, 4.69) is 4.74 Å². The Morgan fingerprint density at radius 1 is 0.769 bits per heavy atom. The summed E-state index contributed by atoms with van der Waals surface area (Å²) >= 11 is 0. The van der Waals surface area contributed by atoms with Gasteiger partial charge in [-0.25, -0.2) is 0 Å². The molecule has 0 saturated carbocycles. The maximum absolute atomic E-state index is 11.7. The molecule has 0 aliphatic heterocycles. The highest BCUT2D eigenvalue weighted by Gasteiger charge is 1.99. The van der Waals surface area contributed by atoms with Crippen molar-refractivity contribution in [2.45, 2.75) is 77.2 Å². The van der Waals surface area contributed by atoms with Crippen molar-refractivity contribution < 1.29 is 19.1 Å². The molecule has 0 N–H and O–H groups in total.